The van der Waals surface area contributed by atoms with E-state index in [0.717, 1.165) is 23.5 Å². The van der Waals surface area contributed by atoms with Crippen LogP contribution in [0.2, 0.25) is 0 Å². The first-order valence-corrected chi connectivity index (χ1v) is 7.85. The highest BCUT2D eigenvalue weighted by Gasteiger charge is 2.06. The van der Waals surface area contributed by atoms with Crippen molar-refractivity contribution in [3.8, 4) is 28.7 Å². The van der Waals surface area contributed by atoms with Crippen LogP contribution in [-0.2, 0) is 6.42 Å². The van der Waals surface area contributed by atoms with Crippen molar-refractivity contribution in [2.75, 3.05) is 13.2 Å². The number of hydrogen-bond donors (Lipinski definition) is 1. The molecule has 124 valence electrons. The number of aromatic nitrogens is 1. The van der Waals surface area contributed by atoms with Crippen molar-refractivity contribution >= 4 is 0 Å². The van der Waals surface area contributed by atoms with Gasteiger partial charge >= 0.3 is 0 Å². The van der Waals surface area contributed by atoms with Gasteiger partial charge in [-0.15, -0.1) is 0 Å². The maximum Gasteiger partial charge on any atom is 0.252 e. The molecule has 0 bridgehead atoms. The summed E-state index contributed by atoms with van der Waals surface area (Å²) in [5.74, 6) is 2.06. The van der Waals surface area contributed by atoms with Gasteiger partial charge < -0.3 is 19.1 Å². The molecule has 2 aromatic carbocycles. The van der Waals surface area contributed by atoms with Gasteiger partial charge in [0.05, 0.1) is 13.2 Å². The van der Waals surface area contributed by atoms with Crippen LogP contribution >= 0.6 is 0 Å². The van der Waals surface area contributed by atoms with E-state index in [0.29, 0.717) is 19.0 Å². The highest BCUT2D eigenvalue weighted by atomic mass is 16.5. The molecule has 0 atom stereocenters. The Balaban J connectivity index is 1.54. The second-order valence-electron chi connectivity index (χ2n) is 5.25. The molecule has 1 heterocycles. The Morgan fingerprint density at radius 2 is 1.83 bits per heavy atom. The van der Waals surface area contributed by atoms with Crippen molar-refractivity contribution in [1.29, 1.82) is 0 Å². The summed E-state index contributed by atoms with van der Waals surface area (Å²) < 4.78 is 16.3. The van der Waals surface area contributed by atoms with Crippen LogP contribution < -0.4 is 9.47 Å². The SMILES string of the molecule is CCOc1cccc(CCOc2ccc(-c3cc(O)no3)cc2)c1. The van der Waals surface area contributed by atoms with Crippen LogP contribution in [0, 0.1) is 0 Å². The highest BCUT2D eigenvalue weighted by Crippen LogP contribution is 2.25. The van der Waals surface area contributed by atoms with Gasteiger partial charge in [0, 0.05) is 18.1 Å². The van der Waals surface area contributed by atoms with Crippen molar-refractivity contribution in [3.63, 3.8) is 0 Å². The summed E-state index contributed by atoms with van der Waals surface area (Å²) in [6.07, 6.45) is 0.804. The van der Waals surface area contributed by atoms with Crippen molar-refractivity contribution < 1.29 is 19.1 Å². The molecule has 0 unspecified atom stereocenters. The fourth-order valence-electron chi connectivity index (χ4n) is 2.36. The molecule has 0 aliphatic carbocycles. The second kappa shape index (κ2) is 7.55. The predicted octanol–water partition coefficient (Wildman–Crippen LogP) is 4.07. The quantitative estimate of drug-likeness (QED) is 0.709. The molecule has 0 amide bonds. The topological polar surface area (TPSA) is 64.7 Å². The summed E-state index contributed by atoms with van der Waals surface area (Å²) >= 11 is 0. The zero-order chi connectivity index (χ0) is 16.8. The Bertz CT molecular complexity index is 780. The standard InChI is InChI=1S/C19H19NO4/c1-2-22-17-5-3-4-14(12-17)10-11-23-16-8-6-15(7-9-16)18-13-19(21)20-24-18/h3-9,12-13H,2,10-11H2,1H3,(H,20,21). The largest absolute Gasteiger partial charge is 0.494 e. The fourth-order valence-corrected chi connectivity index (χ4v) is 2.36. The Labute approximate surface area is 140 Å². The van der Waals surface area contributed by atoms with Gasteiger partial charge in [0.2, 0.25) is 0 Å². The lowest BCUT2D eigenvalue weighted by atomic mass is 10.1. The molecule has 24 heavy (non-hydrogen) atoms. The molecule has 0 radical (unpaired) electrons. The first kappa shape index (κ1) is 15.9. The molecule has 0 saturated carbocycles. The Hall–Kier alpha value is -2.95. The van der Waals surface area contributed by atoms with Crippen molar-refractivity contribution in [2.24, 2.45) is 0 Å². The minimum absolute atomic E-state index is 0.125. The lowest BCUT2D eigenvalue weighted by Crippen LogP contribution is -2.01. The van der Waals surface area contributed by atoms with E-state index >= 15 is 0 Å². The molecule has 0 spiro atoms. The van der Waals surface area contributed by atoms with E-state index in [1.807, 2.05) is 49.4 Å². The van der Waals surface area contributed by atoms with E-state index in [-0.39, 0.29) is 5.88 Å². The Morgan fingerprint density at radius 3 is 2.54 bits per heavy atom. The number of nitrogens with zero attached hydrogens (tertiary/aromatic N) is 1. The molecule has 0 fully saturated rings. The number of benzene rings is 2. The molecule has 0 aliphatic heterocycles. The van der Waals surface area contributed by atoms with Crippen LogP contribution in [0.3, 0.4) is 0 Å². The van der Waals surface area contributed by atoms with Crippen LogP contribution in [-0.4, -0.2) is 23.5 Å². The maximum atomic E-state index is 9.21. The molecule has 3 aromatic rings. The van der Waals surface area contributed by atoms with Gasteiger partial charge in [-0.3, -0.25) is 0 Å². The number of ether oxygens (including phenoxy) is 2. The summed E-state index contributed by atoms with van der Waals surface area (Å²) in [6.45, 7) is 3.22. The average molecular weight is 325 g/mol. The third kappa shape index (κ3) is 4.07. The summed E-state index contributed by atoms with van der Waals surface area (Å²) in [4.78, 5) is 0. The van der Waals surface area contributed by atoms with E-state index in [4.69, 9.17) is 14.0 Å². The van der Waals surface area contributed by atoms with E-state index in [2.05, 4.69) is 11.2 Å². The summed E-state index contributed by atoms with van der Waals surface area (Å²) in [5.41, 5.74) is 2.01. The third-order valence-corrected chi connectivity index (χ3v) is 3.51. The highest BCUT2D eigenvalue weighted by molar-refractivity contribution is 5.58. The molecule has 3 rings (SSSR count). The van der Waals surface area contributed by atoms with Gasteiger partial charge in [-0.1, -0.05) is 12.1 Å². The molecule has 5 nitrogen and oxygen atoms in total. The number of hydrogen-bond acceptors (Lipinski definition) is 5. The van der Waals surface area contributed by atoms with Gasteiger partial charge in [-0.25, -0.2) is 0 Å². The lowest BCUT2D eigenvalue weighted by molar-refractivity contribution is 0.320. The van der Waals surface area contributed by atoms with Crippen LogP contribution in [0.15, 0.2) is 59.1 Å². The van der Waals surface area contributed by atoms with Crippen LogP contribution in [0.1, 0.15) is 12.5 Å². The first-order valence-electron chi connectivity index (χ1n) is 7.85. The van der Waals surface area contributed by atoms with E-state index in [1.54, 1.807) is 0 Å². The van der Waals surface area contributed by atoms with Crippen LogP contribution in [0.25, 0.3) is 11.3 Å². The smallest absolute Gasteiger partial charge is 0.252 e. The van der Waals surface area contributed by atoms with E-state index in [1.165, 1.54) is 11.6 Å². The second-order valence-corrected chi connectivity index (χ2v) is 5.25. The van der Waals surface area contributed by atoms with Gasteiger partial charge in [0.25, 0.3) is 5.88 Å². The first-order chi connectivity index (χ1) is 11.7. The minimum atomic E-state index is -0.125. The van der Waals surface area contributed by atoms with Gasteiger partial charge in [-0.2, -0.15) is 0 Å². The molecular weight excluding hydrogens is 306 g/mol. The zero-order valence-electron chi connectivity index (χ0n) is 13.4. The van der Waals surface area contributed by atoms with Gasteiger partial charge in [0.15, 0.2) is 5.76 Å². The molecule has 1 N–H and O–H groups in total. The molecular formula is C19H19NO4. The zero-order valence-corrected chi connectivity index (χ0v) is 13.4. The summed E-state index contributed by atoms with van der Waals surface area (Å²) in [5, 5.41) is 12.7. The fraction of sp³-hybridized carbons (Fsp3) is 0.211. The van der Waals surface area contributed by atoms with Crippen LogP contribution in [0.5, 0.6) is 17.4 Å². The lowest BCUT2D eigenvalue weighted by Gasteiger charge is -2.08. The summed E-state index contributed by atoms with van der Waals surface area (Å²) in [7, 11) is 0. The minimum Gasteiger partial charge on any atom is -0.494 e. The molecule has 1 aromatic heterocycles. The molecule has 5 heteroatoms. The Morgan fingerprint density at radius 1 is 1.00 bits per heavy atom. The van der Waals surface area contributed by atoms with Crippen molar-refractivity contribution in [2.45, 2.75) is 13.3 Å². The van der Waals surface area contributed by atoms with Crippen molar-refractivity contribution in [3.05, 3.63) is 60.2 Å². The number of aromatic hydroxyl groups is 1. The third-order valence-electron chi connectivity index (χ3n) is 3.51. The average Bonchev–Trinajstić information content (AvgIpc) is 3.03. The van der Waals surface area contributed by atoms with Gasteiger partial charge in [0.1, 0.15) is 11.5 Å². The predicted molar refractivity (Wildman–Crippen MR) is 90.4 cm³/mol. The van der Waals surface area contributed by atoms with E-state index < -0.39 is 0 Å². The maximum absolute atomic E-state index is 9.21. The van der Waals surface area contributed by atoms with E-state index in [9.17, 15) is 5.11 Å². The summed E-state index contributed by atoms with van der Waals surface area (Å²) in [6, 6.07) is 17.0. The van der Waals surface area contributed by atoms with Crippen LogP contribution in [0.4, 0.5) is 0 Å². The van der Waals surface area contributed by atoms with Crippen molar-refractivity contribution in [1.82, 2.24) is 5.16 Å². The van der Waals surface area contributed by atoms with Gasteiger partial charge in [-0.05, 0) is 54.0 Å². The Kier molecular flexibility index (Phi) is 5.01. The normalized spacial score (nSPS) is 10.5. The monoisotopic (exact) mass is 325 g/mol. The molecule has 0 aliphatic rings. The molecule has 0 saturated heterocycles. The number of rotatable bonds is 7.